The average Bonchev–Trinajstić information content (AvgIpc) is 2.17. The van der Waals surface area contributed by atoms with Crippen molar-refractivity contribution in [2.75, 3.05) is 0 Å². The summed E-state index contributed by atoms with van der Waals surface area (Å²) in [4.78, 5) is 0.847. The van der Waals surface area contributed by atoms with Crippen LogP contribution in [0.5, 0.6) is 0 Å². The van der Waals surface area contributed by atoms with E-state index in [1.54, 1.807) is 24.8 Å². The van der Waals surface area contributed by atoms with Gasteiger partial charge in [-0.25, -0.2) is 4.39 Å². The van der Waals surface area contributed by atoms with E-state index < -0.39 is 6.10 Å². The van der Waals surface area contributed by atoms with Crippen molar-refractivity contribution in [3.05, 3.63) is 29.6 Å². The lowest BCUT2D eigenvalue weighted by atomic mass is 10.1. The third kappa shape index (κ3) is 3.21. The summed E-state index contributed by atoms with van der Waals surface area (Å²) >= 11 is 1.61. The quantitative estimate of drug-likeness (QED) is 0.792. The molecule has 0 aliphatic rings. The smallest absolute Gasteiger partial charge is 0.130 e. The first-order chi connectivity index (χ1) is 7.06. The molecule has 3 heteroatoms. The zero-order valence-electron chi connectivity index (χ0n) is 9.33. The van der Waals surface area contributed by atoms with Crippen LogP contribution in [0.2, 0.25) is 0 Å². The van der Waals surface area contributed by atoms with Crippen LogP contribution in [-0.4, -0.2) is 10.4 Å². The van der Waals surface area contributed by atoms with Crippen molar-refractivity contribution in [1.29, 1.82) is 0 Å². The molecule has 1 N–H and O–H groups in total. The van der Waals surface area contributed by atoms with Crippen LogP contribution in [0.4, 0.5) is 4.39 Å². The number of hydrogen-bond donors (Lipinski definition) is 1. The van der Waals surface area contributed by atoms with E-state index in [0.29, 0.717) is 10.8 Å². The lowest BCUT2D eigenvalue weighted by molar-refractivity contribution is 0.191. The van der Waals surface area contributed by atoms with Gasteiger partial charge in [-0.15, -0.1) is 11.8 Å². The standard InChI is InChI=1S/C12H17FOS/c1-4-8(2)15-11-7-5-6-10(13)12(11)9(3)14/h5-9,14H,4H2,1-3H3. The first-order valence-corrected chi connectivity index (χ1v) is 6.07. The monoisotopic (exact) mass is 228 g/mol. The third-order valence-corrected chi connectivity index (χ3v) is 3.68. The summed E-state index contributed by atoms with van der Waals surface area (Å²) in [6, 6.07) is 4.94. The molecule has 0 heterocycles. The van der Waals surface area contributed by atoms with Gasteiger partial charge in [-0.3, -0.25) is 0 Å². The molecule has 15 heavy (non-hydrogen) atoms. The maximum absolute atomic E-state index is 13.5. The number of aliphatic hydroxyl groups is 1. The van der Waals surface area contributed by atoms with Crippen molar-refractivity contribution in [1.82, 2.24) is 0 Å². The summed E-state index contributed by atoms with van der Waals surface area (Å²) in [5.41, 5.74) is 0.419. The SMILES string of the molecule is CCC(C)Sc1cccc(F)c1C(C)O. The highest BCUT2D eigenvalue weighted by molar-refractivity contribution is 8.00. The normalized spacial score (nSPS) is 15.0. The van der Waals surface area contributed by atoms with Crippen LogP contribution in [0.15, 0.2) is 23.1 Å². The van der Waals surface area contributed by atoms with Crippen molar-refractivity contribution < 1.29 is 9.50 Å². The van der Waals surface area contributed by atoms with Crippen LogP contribution in [-0.2, 0) is 0 Å². The van der Waals surface area contributed by atoms with E-state index in [2.05, 4.69) is 13.8 Å². The minimum absolute atomic E-state index is 0.321. The van der Waals surface area contributed by atoms with E-state index in [9.17, 15) is 9.50 Å². The topological polar surface area (TPSA) is 20.2 Å². The van der Waals surface area contributed by atoms with Gasteiger partial charge in [0, 0.05) is 15.7 Å². The predicted octanol–water partition coefficient (Wildman–Crippen LogP) is 3.77. The maximum Gasteiger partial charge on any atom is 0.130 e. The number of hydrogen-bond acceptors (Lipinski definition) is 2. The molecule has 1 aromatic rings. The number of rotatable bonds is 4. The van der Waals surface area contributed by atoms with Crippen molar-refractivity contribution in [2.24, 2.45) is 0 Å². The Bertz CT molecular complexity index is 325. The molecule has 84 valence electrons. The average molecular weight is 228 g/mol. The van der Waals surface area contributed by atoms with Crippen LogP contribution in [0.25, 0.3) is 0 Å². The zero-order chi connectivity index (χ0) is 11.4. The summed E-state index contributed by atoms with van der Waals surface area (Å²) in [5, 5.41) is 9.95. The van der Waals surface area contributed by atoms with Gasteiger partial charge in [-0.1, -0.05) is 19.9 Å². The van der Waals surface area contributed by atoms with Gasteiger partial charge < -0.3 is 5.11 Å². The number of benzene rings is 1. The Morgan fingerprint density at radius 3 is 2.60 bits per heavy atom. The molecule has 1 aromatic carbocycles. The molecule has 0 radical (unpaired) electrons. The fraction of sp³-hybridized carbons (Fsp3) is 0.500. The van der Waals surface area contributed by atoms with Crippen LogP contribution in [0, 0.1) is 5.82 Å². The lowest BCUT2D eigenvalue weighted by Gasteiger charge is -2.15. The Hall–Kier alpha value is -0.540. The fourth-order valence-corrected chi connectivity index (χ4v) is 2.48. The van der Waals surface area contributed by atoms with E-state index in [4.69, 9.17) is 0 Å². The highest BCUT2D eigenvalue weighted by Gasteiger charge is 2.15. The molecule has 0 spiro atoms. The van der Waals surface area contributed by atoms with Gasteiger partial charge in [0.2, 0.25) is 0 Å². The lowest BCUT2D eigenvalue weighted by Crippen LogP contribution is -2.01. The largest absolute Gasteiger partial charge is 0.389 e. The summed E-state index contributed by atoms with van der Waals surface area (Å²) < 4.78 is 13.5. The second kappa shape index (κ2) is 5.52. The van der Waals surface area contributed by atoms with Gasteiger partial charge in [0.05, 0.1) is 6.10 Å². The second-order valence-corrected chi connectivity index (χ2v) is 5.14. The van der Waals surface area contributed by atoms with E-state index in [-0.39, 0.29) is 5.82 Å². The Kier molecular flexibility index (Phi) is 4.61. The van der Waals surface area contributed by atoms with Crippen LogP contribution in [0.1, 0.15) is 38.9 Å². The highest BCUT2D eigenvalue weighted by Crippen LogP contribution is 2.33. The van der Waals surface area contributed by atoms with Crippen molar-refractivity contribution in [2.45, 2.75) is 43.4 Å². The first kappa shape index (κ1) is 12.5. The molecule has 0 amide bonds. The van der Waals surface area contributed by atoms with E-state index >= 15 is 0 Å². The molecule has 2 unspecified atom stereocenters. The van der Waals surface area contributed by atoms with Gasteiger partial charge >= 0.3 is 0 Å². The van der Waals surface area contributed by atoms with Gasteiger partial charge in [-0.2, -0.15) is 0 Å². The molecule has 0 fully saturated rings. The van der Waals surface area contributed by atoms with Gasteiger partial charge in [-0.05, 0) is 25.5 Å². The number of thioether (sulfide) groups is 1. The minimum Gasteiger partial charge on any atom is -0.389 e. The Labute approximate surface area is 94.7 Å². The maximum atomic E-state index is 13.5. The number of halogens is 1. The van der Waals surface area contributed by atoms with Crippen LogP contribution in [0.3, 0.4) is 0 Å². The molecule has 1 nitrogen and oxygen atoms in total. The Balaban J connectivity index is 3.00. The molecule has 1 rings (SSSR count). The molecular weight excluding hydrogens is 211 g/mol. The van der Waals surface area contributed by atoms with Crippen molar-refractivity contribution in [3.8, 4) is 0 Å². The summed E-state index contributed by atoms with van der Waals surface area (Å²) in [7, 11) is 0. The van der Waals surface area contributed by atoms with Crippen LogP contribution >= 0.6 is 11.8 Å². The minimum atomic E-state index is -0.752. The molecule has 0 aliphatic heterocycles. The number of aliphatic hydroxyl groups excluding tert-OH is 1. The molecule has 2 atom stereocenters. The van der Waals surface area contributed by atoms with Crippen LogP contribution < -0.4 is 0 Å². The summed E-state index contributed by atoms with van der Waals surface area (Å²) in [6.45, 7) is 5.79. The van der Waals surface area contributed by atoms with E-state index in [1.165, 1.54) is 6.07 Å². The van der Waals surface area contributed by atoms with Gasteiger partial charge in [0.1, 0.15) is 5.82 Å². The van der Waals surface area contributed by atoms with Crippen molar-refractivity contribution >= 4 is 11.8 Å². The summed E-state index contributed by atoms with van der Waals surface area (Å²) in [5.74, 6) is -0.321. The molecular formula is C12H17FOS. The molecule has 0 aliphatic carbocycles. The predicted molar refractivity (Wildman–Crippen MR) is 62.6 cm³/mol. The Morgan fingerprint density at radius 1 is 1.40 bits per heavy atom. The Morgan fingerprint density at radius 2 is 2.07 bits per heavy atom. The molecule has 0 bridgehead atoms. The zero-order valence-corrected chi connectivity index (χ0v) is 10.1. The van der Waals surface area contributed by atoms with E-state index in [1.807, 2.05) is 6.07 Å². The molecule has 0 saturated carbocycles. The first-order valence-electron chi connectivity index (χ1n) is 5.19. The van der Waals surface area contributed by atoms with Crippen molar-refractivity contribution in [3.63, 3.8) is 0 Å². The van der Waals surface area contributed by atoms with Gasteiger partial charge in [0.15, 0.2) is 0 Å². The highest BCUT2D eigenvalue weighted by atomic mass is 32.2. The summed E-state index contributed by atoms with van der Waals surface area (Å²) in [6.07, 6.45) is 0.276. The molecule has 0 saturated heterocycles. The van der Waals surface area contributed by atoms with Gasteiger partial charge in [0.25, 0.3) is 0 Å². The molecule has 0 aromatic heterocycles. The third-order valence-electron chi connectivity index (χ3n) is 2.33. The van der Waals surface area contributed by atoms with E-state index in [0.717, 1.165) is 11.3 Å². The second-order valence-electron chi connectivity index (χ2n) is 3.66. The fourth-order valence-electron chi connectivity index (χ4n) is 1.33.